The Kier molecular flexibility index (Phi) is 12.7. The van der Waals surface area contributed by atoms with Crippen LogP contribution in [0.3, 0.4) is 0 Å². The summed E-state index contributed by atoms with van der Waals surface area (Å²) < 4.78 is 7.13. The number of carbonyl (C=O) groups is 1. The van der Waals surface area contributed by atoms with Crippen LogP contribution < -0.4 is 16.4 Å². The molecule has 1 spiro atoms. The predicted molar refractivity (Wildman–Crippen MR) is 251 cm³/mol. The van der Waals surface area contributed by atoms with Gasteiger partial charge in [-0.1, -0.05) is 63.7 Å². The summed E-state index contributed by atoms with van der Waals surface area (Å²) in [6, 6.07) is 0. The van der Waals surface area contributed by atoms with E-state index >= 15 is 4.79 Å². The first kappa shape index (κ1) is 47.5. The van der Waals surface area contributed by atoms with Gasteiger partial charge < -0.3 is 56.8 Å². The van der Waals surface area contributed by atoms with Crippen LogP contribution in [-0.4, -0.2) is 108 Å². The van der Waals surface area contributed by atoms with E-state index in [9.17, 15) is 35.7 Å². The van der Waals surface area contributed by atoms with E-state index in [0.717, 1.165) is 69.8 Å². The molecule has 1 unspecified atom stereocenters. The van der Waals surface area contributed by atoms with E-state index in [2.05, 4.69) is 29.7 Å². The number of ketones is 1. The van der Waals surface area contributed by atoms with E-state index in [-0.39, 0.29) is 79.9 Å². The van der Waals surface area contributed by atoms with Gasteiger partial charge in [0.2, 0.25) is 0 Å². The van der Waals surface area contributed by atoms with Gasteiger partial charge in [-0.25, -0.2) is 0 Å². The Morgan fingerprint density at radius 3 is 2.42 bits per heavy atom. The van der Waals surface area contributed by atoms with Crippen LogP contribution in [0.15, 0.2) is 47.3 Å². The monoisotopic (exact) mass is 918 g/mol. The van der Waals surface area contributed by atoms with Crippen molar-refractivity contribution in [3.05, 3.63) is 47.3 Å². The molecule has 0 bridgehead atoms. The molecule has 0 amide bonds. The fourth-order valence-electron chi connectivity index (χ4n) is 17.9. The minimum atomic E-state index is -1.76. The number of Topliss-reactive ketones (excluding diaryl/α,β-unsaturated/α-hetero) is 1. The number of ether oxygens (including phenoxy) is 1. The smallest absolute Gasteiger partial charge is 0.182 e. The Labute approximate surface area is 393 Å². The number of hydrogen-bond donors (Lipinski definition) is 10. The van der Waals surface area contributed by atoms with Gasteiger partial charge in [-0.15, -0.1) is 0 Å². The maximum absolute atomic E-state index is 15.7. The number of allylic oxidation sites excluding steroid dienone is 5. The fourth-order valence-corrected chi connectivity index (χ4v) is 17.9. The molecule has 10 rings (SSSR count). The van der Waals surface area contributed by atoms with Crippen LogP contribution in [0.4, 0.5) is 0 Å². The molecule has 0 aromatic carbocycles. The van der Waals surface area contributed by atoms with Crippen LogP contribution in [0.2, 0.25) is 0 Å². The van der Waals surface area contributed by atoms with Crippen LogP contribution >= 0.6 is 0 Å². The number of aliphatic hydroxyl groups excluding tert-OH is 4. The van der Waals surface area contributed by atoms with Gasteiger partial charge in [0, 0.05) is 35.9 Å². The van der Waals surface area contributed by atoms with Crippen LogP contribution in [0.25, 0.3) is 0 Å². The third kappa shape index (κ3) is 7.16. The van der Waals surface area contributed by atoms with Gasteiger partial charge in [-0.2, -0.15) is 0 Å². The van der Waals surface area contributed by atoms with Gasteiger partial charge in [0.15, 0.2) is 5.78 Å². The molecule has 7 fully saturated rings. The summed E-state index contributed by atoms with van der Waals surface area (Å²) in [7, 11) is 0. The van der Waals surface area contributed by atoms with Gasteiger partial charge >= 0.3 is 0 Å². The van der Waals surface area contributed by atoms with E-state index in [1.807, 2.05) is 25.3 Å². The minimum Gasteiger partial charge on any atom is -0.393 e. The molecule has 2 aliphatic heterocycles. The third-order valence-corrected chi connectivity index (χ3v) is 20.7. The Morgan fingerprint density at radius 1 is 0.924 bits per heavy atom. The summed E-state index contributed by atoms with van der Waals surface area (Å²) in [6.07, 6.45) is 20.1. The number of nitrogens with two attached hydrogens (primary N) is 1. The van der Waals surface area contributed by atoms with Gasteiger partial charge in [-0.3, -0.25) is 4.79 Å². The van der Waals surface area contributed by atoms with Gasteiger partial charge in [0.25, 0.3) is 0 Å². The van der Waals surface area contributed by atoms with Crippen LogP contribution in [0, 0.1) is 64.1 Å². The highest BCUT2D eigenvalue weighted by atomic mass is 16.5. The average Bonchev–Trinajstić information content (AvgIpc) is 3.63. The van der Waals surface area contributed by atoms with E-state index in [1.54, 1.807) is 6.92 Å². The Bertz CT molecular complexity index is 1960. The highest BCUT2D eigenvalue weighted by Gasteiger charge is 2.78. The van der Waals surface area contributed by atoms with E-state index in [4.69, 9.17) is 10.5 Å². The van der Waals surface area contributed by atoms with Crippen molar-refractivity contribution in [2.24, 2.45) is 69.8 Å². The summed E-state index contributed by atoms with van der Waals surface area (Å²) in [5, 5.41) is 95.0. The molecule has 10 aliphatic rings. The number of nitrogens with one attached hydrogen (secondary N) is 2. The van der Waals surface area contributed by atoms with Gasteiger partial charge in [0.05, 0.1) is 59.7 Å². The lowest BCUT2D eigenvalue weighted by Crippen LogP contribution is -2.72. The molecule has 12 heteroatoms. The number of carbonyl (C=O) groups excluding carboxylic acids is 1. The van der Waals surface area contributed by atoms with Crippen LogP contribution in [0.5, 0.6) is 0 Å². The largest absolute Gasteiger partial charge is 0.393 e. The van der Waals surface area contributed by atoms with E-state index in [1.165, 1.54) is 6.42 Å². The van der Waals surface area contributed by atoms with Gasteiger partial charge in [0.1, 0.15) is 5.60 Å². The molecule has 368 valence electrons. The first-order chi connectivity index (χ1) is 31.5. The minimum absolute atomic E-state index is 0.0341. The SMILES string of the molecule is CCC[C@@H]1CC[C@H]2[C@H]3[C@@H](O[C@@H]2CC1)[C@@](O)([C@](C)(O)[C@H]1CC[C@@]2(O)C4=C(NC[C@H](C)O)C(=O)[C@@H]5C[C@@H](O)[C@@H](O)C[C@@]56C[C@@H](C5=CNC(N)C=C5)C=C[C@H](C[C@]12C1CCCCC1)[C@@H]46)CCC[C@@H]3O. The standard InChI is InChI=1S/C54H83N3O9/c1-4-9-31-13-18-36-41(19-14-31)66-49-44(36)38(59)12-8-22-54(49,65)50(3,63)42-21-23-53(64)46-45-33(26-52(42,53)35-10-6-5-7-11-35)16-15-32(34-17-20-43(55)56-29-34)25-51(45)27-40(61)39(60)24-37(51)48(62)47(46)57-28-30(2)58/h15-17,20,29-33,35-45,49,56-61,63-65H,4-14,18-19,21-28,55H2,1-3H3/t30-,31+,32-,33+,36+,37-,38-,39+,40-,41+,42+,43?,44+,45-,49+,50+,51-,52-,53+,54+/m0/s1. The normalized spacial score (nSPS) is 49.4. The highest BCUT2D eigenvalue weighted by Crippen LogP contribution is 2.76. The zero-order valence-electron chi connectivity index (χ0n) is 40.0. The second kappa shape index (κ2) is 17.6. The van der Waals surface area contributed by atoms with Crippen molar-refractivity contribution in [3.63, 3.8) is 0 Å². The van der Waals surface area contributed by atoms with Crippen molar-refractivity contribution in [3.8, 4) is 0 Å². The molecule has 1 saturated heterocycles. The summed E-state index contributed by atoms with van der Waals surface area (Å²) in [5.41, 5.74) is 1.31. The number of rotatable bonds is 9. The zero-order valence-corrected chi connectivity index (χ0v) is 40.0. The quantitative estimate of drug-likeness (QED) is 0.136. The summed E-state index contributed by atoms with van der Waals surface area (Å²) >= 11 is 0. The van der Waals surface area contributed by atoms with Crippen molar-refractivity contribution < 1.29 is 45.3 Å². The van der Waals surface area contributed by atoms with Crippen LogP contribution in [0.1, 0.15) is 149 Å². The second-order valence-electron chi connectivity index (χ2n) is 24.0. The molecule has 20 atom stereocenters. The molecule has 0 aromatic rings. The Morgan fingerprint density at radius 2 is 1.70 bits per heavy atom. The van der Waals surface area contributed by atoms with Crippen molar-refractivity contribution in [2.45, 2.75) is 209 Å². The molecule has 2 heterocycles. The van der Waals surface area contributed by atoms with Crippen molar-refractivity contribution >= 4 is 5.78 Å². The highest BCUT2D eigenvalue weighted by molar-refractivity contribution is 6.00. The van der Waals surface area contributed by atoms with Crippen LogP contribution in [-0.2, 0) is 9.53 Å². The maximum Gasteiger partial charge on any atom is 0.182 e. The molecule has 8 aliphatic carbocycles. The topological polar surface area (TPSA) is 218 Å². The first-order valence-corrected chi connectivity index (χ1v) is 26.7. The van der Waals surface area contributed by atoms with Crippen molar-refractivity contribution in [1.82, 2.24) is 10.6 Å². The summed E-state index contributed by atoms with van der Waals surface area (Å²) in [4.78, 5) is 15.7. The lowest BCUT2D eigenvalue weighted by molar-refractivity contribution is -0.266. The molecule has 0 radical (unpaired) electrons. The number of hydrogen-bond acceptors (Lipinski definition) is 12. The fraction of sp³-hybridized carbons (Fsp3) is 0.833. The Balaban J connectivity index is 1.14. The number of aliphatic hydroxyl groups is 7. The first-order valence-electron chi connectivity index (χ1n) is 26.7. The molecule has 0 aromatic heterocycles. The molecule has 11 N–H and O–H groups in total. The lowest BCUT2D eigenvalue weighted by Gasteiger charge is -2.67. The molecular formula is C54H83N3O9. The maximum atomic E-state index is 15.7. The number of fused-ring (bicyclic) bond motifs is 5. The predicted octanol–water partition coefficient (Wildman–Crippen LogP) is 5.18. The summed E-state index contributed by atoms with van der Waals surface area (Å²) in [6.45, 7) is 5.84. The molecule has 6 saturated carbocycles. The molecule has 66 heavy (non-hydrogen) atoms. The van der Waals surface area contributed by atoms with Crippen molar-refractivity contribution in [2.75, 3.05) is 6.54 Å². The van der Waals surface area contributed by atoms with E-state index in [0.29, 0.717) is 49.3 Å². The second-order valence-corrected chi connectivity index (χ2v) is 24.0. The molecular weight excluding hydrogens is 835 g/mol. The Hall–Kier alpha value is -2.13. The van der Waals surface area contributed by atoms with Gasteiger partial charge in [-0.05, 0) is 162 Å². The molecule has 12 nitrogen and oxygen atoms in total. The van der Waals surface area contributed by atoms with E-state index < -0.39 is 75.9 Å². The summed E-state index contributed by atoms with van der Waals surface area (Å²) in [5.74, 6) is -1.84. The zero-order chi connectivity index (χ0) is 46.6. The van der Waals surface area contributed by atoms with Crippen molar-refractivity contribution in [1.29, 1.82) is 0 Å². The lowest BCUT2D eigenvalue weighted by atomic mass is 9.38. The number of dihydropyridines is 1. The third-order valence-electron chi connectivity index (χ3n) is 20.7. The average molecular weight is 918 g/mol.